The van der Waals surface area contributed by atoms with Crippen LogP contribution in [-0.2, 0) is 17.9 Å². The molecule has 1 atom stereocenters. The number of aliphatic imine (C=N–C) groups is 1. The van der Waals surface area contributed by atoms with Gasteiger partial charge in [-0.1, -0.05) is 38.1 Å². The minimum atomic E-state index is 0. The molecule has 0 aromatic heterocycles. The Bertz CT molecular complexity index is 703. The third-order valence-electron chi connectivity index (χ3n) is 6.21. The molecule has 0 bridgehead atoms. The molecule has 8 heteroatoms. The SMILES string of the molecule is CCC(=O)N1CCC(NC(=NC)NCc2ccc(CN3CCN(CC)CC3)cc2)C1.I. The lowest BCUT2D eigenvalue weighted by Gasteiger charge is -2.34. The zero-order chi connectivity index (χ0) is 21.3. The van der Waals surface area contributed by atoms with E-state index in [1.807, 2.05) is 11.8 Å². The molecule has 2 aliphatic heterocycles. The van der Waals surface area contributed by atoms with Crippen LogP contribution in [0, 0.1) is 0 Å². The minimum Gasteiger partial charge on any atom is -0.352 e. The molecule has 2 aliphatic rings. The van der Waals surface area contributed by atoms with Crippen LogP contribution in [0.3, 0.4) is 0 Å². The number of hydrogen-bond acceptors (Lipinski definition) is 4. The lowest BCUT2D eigenvalue weighted by molar-refractivity contribution is -0.129. The predicted octanol–water partition coefficient (Wildman–Crippen LogP) is 2.12. The smallest absolute Gasteiger partial charge is 0.222 e. The number of benzene rings is 1. The quantitative estimate of drug-likeness (QED) is 0.314. The molecule has 2 heterocycles. The highest BCUT2D eigenvalue weighted by Gasteiger charge is 2.25. The Morgan fingerprint density at radius 1 is 1.03 bits per heavy atom. The zero-order valence-electron chi connectivity index (χ0n) is 19.3. The molecule has 1 aromatic carbocycles. The van der Waals surface area contributed by atoms with Gasteiger partial charge >= 0.3 is 0 Å². The van der Waals surface area contributed by atoms with Crippen LogP contribution in [-0.4, -0.2) is 85.5 Å². The number of carbonyl (C=O) groups is 1. The summed E-state index contributed by atoms with van der Waals surface area (Å²) in [7, 11) is 1.79. The average Bonchev–Trinajstić information content (AvgIpc) is 3.26. The summed E-state index contributed by atoms with van der Waals surface area (Å²) in [5, 5.41) is 6.86. The number of likely N-dealkylation sites (tertiary alicyclic amines) is 1. The van der Waals surface area contributed by atoms with Gasteiger partial charge in [-0.3, -0.25) is 14.7 Å². The fourth-order valence-electron chi connectivity index (χ4n) is 4.19. The third kappa shape index (κ3) is 7.91. The molecular formula is C23H39IN6O. The van der Waals surface area contributed by atoms with Gasteiger partial charge in [0.05, 0.1) is 0 Å². The molecule has 7 nitrogen and oxygen atoms in total. The lowest BCUT2D eigenvalue weighted by Crippen LogP contribution is -2.45. The molecule has 3 rings (SSSR count). The van der Waals surface area contributed by atoms with Crippen LogP contribution in [0.2, 0.25) is 0 Å². The molecule has 31 heavy (non-hydrogen) atoms. The van der Waals surface area contributed by atoms with Crippen LogP contribution in [0.1, 0.15) is 37.8 Å². The second-order valence-corrected chi connectivity index (χ2v) is 8.28. The summed E-state index contributed by atoms with van der Waals surface area (Å²) >= 11 is 0. The normalized spacial score (nSPS) is 20.4. The Morgan fingerprint density at radius 3 is 2.29 bits per heavy atom. The van der Waals surface area contributed by atoms with Gasteiger partial charge < -0.3 is 20.4 Å². The summed E-state index contributed by atoms with van der Waals surface area (Å²) in [6.07, 6.45) is 1.54. The van der Waals surface area contributed by atoms with Crippen molar-refractivity contribution in [1.82, 2.24) is 25.3 Å². The number of halogens is 1. The van der Waals surface area contributed by atoms with Crippen LogP contribution in [0.4, 0.5) is 0 Å². The number of rotatable bonds is 7. The van der Waals surface area contributed by atoms with E-state index < -0.39 is 0 Å². The van der Waals surface area contributed by atoms with E-state index in [4.69, 9.17) is 0 Å². The van der Waals surface area contributed by atoms with Crippen molar-refractivity contribution < 1.29 is 4.79 Å². The predicted molar refractivity (Wildman–Crippen MR) is 138 cm³/mol. The van der Waals surface area contributed by atoms with Gasteiger partial charge in [-0.2, -0.15) is 0 Å². The number of hydrogen-bond donors (Lipinski definition) is 2. The zero-order valence-corrected chi connectivity index (χ0v) is 21.6. The first-order valence-corrected chi connectivity index (χ1v) is 11.4. The summed E-state index contributed by atoms with van der Waals surface area (Å²) in [6, 6.07) is 9.15. The monoisotopic (exact) mass is 542 g/mol. The van der Waals surface area contributed by atoms with E-state index in [9.17, 15) is 4.79 Å². The molecule has 1 unspecified atom stereocenters. The number of guanidine groups is 1. The van der Waals surface area contributed by atoms with Gasteiger partial charge in [0.15, 0.2) is 5.96 Å². The van der Waals surface area contributed by atoms with Crippen LogP contribution in [0.5, 0.6) is 0 Å². The number of piperazine rings is 1. The van der Waals surface area contributed by atoms with Gasteiger partial charge in [0, 0.05) is 71.9 Å². The first kappa shape index (κ1) is 25.9. The summed E-state index contributed by atoms with van der Waals surface area (Å²) in [4.78, 5) is 23.2. The van der Waals surface area contributed by atoms with Crippen molar-refractivity contribution in [2.45, 2.75) is 45.8 Å². The van der Waals surface area contributed by atoms with Crippen molar-refractivity contribution >= 4 is 35.8 Å². The molecule has 0 radical (unpaired) electrons. The molecule has 0 aliphatic carbocycles. The van der Waals surface area contributed by atoms with Gasteiger partial charge in [0.25, 0.3) is 0 Å². The number of amides is 1. The highest BCUT2D eigenvalue weighted by Crippen LogP contribution is 2.12. The fourth-order valence-corrected chi connectivity index (χ4v) is 4.19. The van der Waals surface area contributed by atoms with E-state index in [0.29, 0.717) is 6.42 Å². The van der Waals surface area contributed by atoms with Crippen molar-refractivity contribution in [1.29, 1.82) is 0 Å². The lowest BCUT2D eigenvalue weighted by atomic mass is 10.1. The molecule has 174 valence electrons. The van der Waals surface area contributed by atoms with Gasteiger partial charge in [-0.15, -0.1) is 24.0 Å². The highest BCUT2D eigenvalue weighted by molar-refractivity contribution is 14.0. The number of nitrogens with one attached hydrogen (secondary N) is 2. The molecule has 2 fully saturated rings. The van der Waals surface area contributed by atoms with Crippen molar-refractivity contribution in [3.63, 3.8) is 0 Å². The number of nitrogens with zero attached hydrogens (tertiary/aromatic N) is 4. The van der Waals surface area contributed by atoms with Gasteiger partial charge in [0.1, 0.15) is 0 Å². The maximum atomic E-state index is 11.9. The summed E-state index contributed by atoms with van der Waals surface area (Å²) in [5.41, 5.74) is 2.62. The first-order valence-electron chi connectivity index (χ1n) is 11.4. The third-order valence-corrected chi connectivity index (χ3v) is 6.21. The minimum absolute atomic E-state index is 0. The maximum Gasteiger partial charge on any atom is 0.222 e. The average molecular weight is 543 g/mol. The van der Waals surface area contributed by atoms with Crippen LogP contribution < -0.4 is 10.6 Å². The fraction of sp³-hybridized carbons (Fsp3) is 0.652. The highest BCUT2D eigenvalue weighted by atomic mass is 127. The molecule has 1 amide bonds. The van der Waals surface area contributed by atoms with E-state index in [1.165, 1.54) is 24.2 Å². The van der Waals surface area contributed by atoms with Crippen molar-refractivity contribution in [3.8, 4) is 0 Å². The van der Waals surface area contributed by atoms with Crippen molar-refractivity contribution in [3.05, 3.63) is 35.4 Å². The van der Waals surface area contributed by atoms with E-state index in [1.54, 1.807) is 7.05 Å². The van der Waals surface area contributed by atoms with Crippen LogP contribution in [0.15, 0.2) is 29.3 Å². The van der Waals surface area contributed by atoms with Crippen molar-refractivity contribution in [2.75, 3.05) is 52.9 Å². The van der Waals surface area contributed by atoms with E-state index in [2.05, 4.69) is 56.6 Å². The molecule has 2 saturated heterocycles. The molecule has 2 N–H and O–H groups in total. The number of carbonyl (C=O) groups excluding carboxylic acids is 1. The second kappa shape index (κ2) is 13.2. The Morgan fingerprint density at radius 2 is 1.68 bits per heavy atom. The Kier molecular flexibility index (Phi) is 11.0. The van der Waals surface area contributed by atoms with Gasteiger partial charge in [0.2, 0.25) is 5.91 Å². The topological polar surface area (TPSA) is 63.2 Å². The molecular weight excluding hydrogens is 503 g/mol. The van der Waals surface area contributed by atoms with Gasteiger partial charge in [-0.05, 0) is 24.1 Å². The largest absolute Gasteiger partial charge is 0.352 e. The van der Waals surface area contributed by atoms with Gasteiger partial charge in [-0.25, -0.2) is 0 Å². The van der Waals surface area contributed by atoms with E-state index in [0.717, 1.165) is 58.2 Å². The van der Waals surface area contributed by atoms with Crippen LogP contribution in [0.25, 0.3) is 0 Å². The molecule has 1 aromatic rings. The Hall–Kier alpha value is -1.39. The number of likely N-dealkylation sites (N-methyl/N-ethyl adjacent to an activating group) is 1. The summed E-state index contributed by atoms with van der Waals surface area (Å²) in [5.74, 6) is 1.03. The second-order valence-electron chi connectivity index (χ2n) is 8.28. The Balaban J connectivity index is 0.00000341. The van der Waals surface area contributed by atoms with E-state index >= 15 is 0 Å². The first-order chi connectivity index (χ1) is 14.6. The van der Waals surface area contributed by atoms with Crippen molar-refractivity contribution in [2.24, 2.45) is 4.99 Å². The maximum absolute atomic E-state index is 11.9. The Labute approximate surface area is 204 Å². The summed E-state index contributed by atoms with van der Waals surface area (Å²) in [6.45, 7) is 13.3. The van der Waals surface area contributed by atoms with Crippen LogP contribution >= 0.6 is 24.0 Å². The molecule has 0 spiro atoms. The standard InChI is InChI=1S/C23H38N6O.HI/c1-4-22(30)29-11-10-21(18-29)26-23(24-3)25-16-19-6-8-20(9-7-19)17-28-14-12-27(5-2)13-15-28;/h6-9,21H,4-5,10-18H2,1-3H3,(H2,24,25,26);1H. The van der Waals surface area contributed by atoms with E-state index in [-0.39, 0.29) is 35.9 Å². The summed E-state index contributed by atoms with van der Waals surface area (Å²) < 4.78 is 0. The molecule has 0 saturated carbocycles.